The van der Waals surface area contributed by atoms with Crippen LogP contribution in [-0.4, -0.2) is 49.2 Å². The van der Waals surface area contributed by atoms with Crippen LogP contribution in [0.25, 0.3) is 21.8 Å². The molecule has 6 aromatic rings. The predicted molar refractivity (Wildman–Crippen MR) is 198 cm³/mol. The number of fused-ring (bicyclic) bond motifs is 2. The Balaban J connectivity index is 0.000000295. The number of benzene rings is 4. The van der Waals surface area contributed by atoms with Crippen molar-refractivity contribution in [2.45, 2.75) is 66.0 Å². The zero-order chi connectivity index (χ0) is 40.2. The number of aromatic nitrogens is 4. The van der Waals surface area contributed by atoms with Gasteiger partial charge in [-0.3, -0.25) is 9.36 Å². The van der Waals surface area contributed by atoms with Crippen LogP contribution in [-0.2, 0) is 43.0 Å². The first kappa shape index (κ1) is 46.7. The summed E-state index contributed by atoms with van der Waals surface area (Å²) < 4.78 is 84.9. The summed E-state index contributed by atoms with van der Waals surface area (Å²) in [6.45, 7) is 9.35. The van der Waals surface area contributed by atoms with E-state index < -0.39 is 35.4 Å². The van der Waals surface area contributed by atoms with Crippen molar-refractivity contribution in [3.8, 4) is 0 Å². The number of methoxy groups -OCH3 is 1. The van der Waals surface area contributed by atoms with Gasteiger partial charge in [-0.1, -0.05) is 76.2 Å². The number of carboxylic acid groups (broad SMARTS) is 1. The van der Waals surface area contributed by atoms with E-state index in [-0.39, 0.29) is 52.3 Å². The Kier molecular flexibility index (Phi) is 15.7. The molecule has 16 heteroatoms. The molecule has 0 radical (unpaired) electrons. The second-order valence-corrected chi connectivity index (χ2v) is 14.0. The molecule has 6 rings (SSSR count). The summed E-state index contributed by atoms with van der Waals surface area (Å²) in [4.78, 5) is 23.9. The van der Waals surface area contributed by atoms with Crippen molar-refractivity contribution in [1.29, 1.82) is 0 Å². The van der Waals surface area contributed by atoms with Crippen molar-refractivity contribution in [3.63, 3.8) is 0 Å². The van der Waals surface area contributed by atoms with E-state index in [1.54, 1.807) is 15.4 Å². The number of esters is 1. The number of hydrogen-bond donors (Lipinski definition) is 1. The molecule has 0 aliphatic rings. The van der Waals surface area contributed by atoms with E-state index in [2.05, 4.69) is 24.0 Å². The van der Waals surface area contributed by atoms with Crippen molar-refractivity contribution in [2.24, 2.45) is 11.8 Å². The number of carbonyl (C=O) groups is 2. The molecule has 0 spiro atoms. The quantitative estimate of drug-likeness (QED) is 0.0905. The number of rotatable bonds is 10. The zero-order valence-electron chi connectivity index (χ0n) is 32.2. The number of carbonyl (C=O) groups excluding carboxylic acids is 1. The fraction of sp³-hybridized carbons (Fsp3) is 0.317. The third-order valence-corrected chi connectivity index (χ3v) is 8.74. The monoisotopic (exact) mass is 806 g/mol. The molecule has 0 saturated carbocycles. The van der Waals surface area contributed by atoms with E-state index in [0.29, 0.717) is 59.3 Å². The molecule has 57 heavy (non-hydrogen) atoms. The summed E-state index contributed by atoms with van der Waals surface area (Å²) in [7, 11) is 1.30. The molecular weight excluding hydrogens is 765 g/mol. The van der Waals surface area contributed by atoms with Gasteiger partial charge in [-0.05, 0) is 83.3 Å². The largest absolute Gasteiger partial charge is 1.00 e. The zero-order valence-corrected chi connectivity index (χ0v) is 34.2. The van der Waals surface area contributed by atoms with Crippen molar-refractivity contribution in [1.82, 2.24) is 19.6 Å². The van der Waals surface area contributed by atoms with Gasteiger partial charge in [-0.25, -0.2) is 9.59 Å². The molecule has 0 amide bonds. The maximum Gasteiger partial charge on any atom is 1.00 e. The van der Waals surface area contributed by atoms with Gasteiger partial charge in [0.15, 0.2) is 11.4 Å². The third kappa shape index (κ3) is 11.2. The molecule has 2 N–H and O–H groups in total. The molecule has 298 valence electrons. The van der Waals surface area contributed by atoms with Crippen LogP contribution >= 0.6 is 0 Å². The summed E-state index contributed by atoms with van der Waals surface area (Å²) in [6, 6.07) is 21.0. The summed E-state index contributed by atoms with van der Waals surface area (Å²) >= 11 is 0. The van der Waals surface area contributed by atoms with Crippen molar-refractivity contribution in [3.05, 3.63) is 130 Å². The van der Waals surface area contributed by atoms with Crippen LogP contribution in [0.15, 0.2) is 84.9 Å². The first-order chi connectivity index (χ1) is 25.9. The maximum absolute atomic E-state index is 12.8. The van der Waals surface area contributed by atoms with Crippen LogP contribution < -0.4 is 29.6 Å². The number of nitrogens with zero attached hydrogens (tertiary/aromatic N) is 4. The standard InChI is InChI=1S/C21H21F3N2O2.C20H19F3N2O2.Na.H2O/c1-13(2)12-26-17-6-4-5-15(18(17)19(25-26)20(27)28-3)11-14-7-9-16(10-8-14)21(22,23)24;1-12(2)11-25-16-5-3-4-14(17(16)18(24-25)19(26)27)10-13-6-8-15(9-7-13)20(21,22)23;;/h4-10,13H,11-12H2,1-3H3;3-9,12H,10-11H2,1-2H3,(H,26,27);;1H2/q;;+1;/p-1. The molecule has 0 aliphatic carbocycles. The van der Waals surface area contributed by atoms with Gasteiger partial charge in [0.05, 0.1) is 29.3 Å². The fourth-order valence-electron chi connectivity index (χ4n) is 6.32. The van der Waals surface area contributed by atoms with Gasteiger partial charge in [-0.15, -0.1) is 0 Å². The molecule has 0 unspecified atom stereocenters. The predicted octanol–water partition coefficient (Wildman–Crippen LogP) is 6.92. The minimum absolute atomic E-state index is 0. The van der Waals surface area contributed by atoms with E-state index >= 15 is 0 Å². The number of ether oxygens (including phenoxy) is 1. The molecular formula is C41H41F6N4NaO5. The van der Waals surface area contributed by atoms with E-state index in [1.165, 1.54) is 31.4 Å². The Hall–Kier alpha value is -4.70. The summed E-state index contributed by atoms with van der Waals surface area (Å²) in [5.74, 6) is -1.05. The molecule has 2 heterocycles. The van der Waals surface area contributed by atoms with Crippen molar-refractivity contribution < 1.29 is 80.8 Å². The Morgan fingerprint density at radius 2 is 1.02 bits per heavy atom. The van der Waals surface area contributed by atoms with Gasteiger partial charge < -0.3 is 15.3 Å². The van der Waals surface area contributed by atoms with E-state index in [0.717, 1.165) is 40.9 Å². The first-order valence-corrected chi connectivity index (χ1v) is 17.5. The van der Waals surface area contributed by atoms with E-state index in [4.69, 9.17) is 4.74 Å². The number of alkyl halides is 6. The molecule has 0 aliphatic heterocycles. The minimum atomic E-state index is -4.38. The minimum Gasteiger partial charge on any atom is -0.870 e. The number of halogens is 6. The van der Waals surface area contributed by atoms with Crippen molar-refractivity contribution in [2.75, 3.05) is 7.11 Å². The van der Waals surface area contributed by atoms with Gasteiger partial charge in [0.1, 0.15) is 0 Å². The number of carboxylic acids is 1. The van der Waals surface area contributed by atoms with Gasteiger partial charge in [0, 0.05) is 23.9 Å². The van der Waals surface area contributed by atoms with Gasteiger partial charge >= 0.3 is 53.8 Å². The van der Waals surface area contributed by atoms with E-state index in [1.807, 2.05) is 44.2 Å². The molecule has 0 bridgehead atoms. The number of hydrogen-bond acceptors (Lipinski definition) is 6. The van der Waals surface area contributed by atoms with Crippen LogP contribution in [0.5, 0.6) is 0 Å². The maximum atomic E-state index is 12.8. The molecule has 0 fully saturated rings. The first-order valence-electron chi connectivity index (χ1n) is 17.5. The average Bonchev–Trinajstić information content (AvgIpc) is 3.67. The third-order valence-electron chi connectivity index (χ3n) is 8.74. The second-order valence-electron chi connectivity index (χ2n) is 14.0. The summed E-state index contributed by atoms with van der Waals surface area (Å²) in [6.07, 6.45) is -8.04. The molecule has 9 nitrogen and oxygen atoms in total. The Bertz CT molecular complexity index is 2300. The smallest absolute Gasteiger partial charge is 0.870 e. The molecule has 2 aromatic heterocycles. The van der Waals surface area contributed by atoms with Crippen LogP contribution in [0, 0.1) is 11.8 Å². The second kappa shape index (κ2) is 19.2. The Morgan fingerprint density at radius 1 is 0.649 bits per heavy atom. The van der Waals surface area contributed by atoms with Crippen LogP contribution in [0.2, 0.25) is 0 Å². The van der Waals surface area contributed by atoms with Crippen LogP contribution in [0.1, 0.15) is 82.1 Å². The van der Waals surface area contributed by atoms with Crippen LogP contribution in [0.4, 0.5) is 26.3 Å². The van der Waals surface area contributed by atoms with Gasteiger partial charge in [0.2, 0.25) is 0 Å². The summed E-state index contributed by atoms with van der Waals surface area (Å²) in [5.41, 5.74) is 3.23. The van der Waals surface area contributed by atoms with Gasteiger partial charge in [0.25, 0.3) is 0 Å². The Labute approximate surface area is 347 Å². The molecule has 0 atom stereocenters. The molecule has 4 aromatic carbocycles. The normalized spacial score (nSPS) is 11.6. The Morgan fingerprint density at radius 3 is 1.35 bits per heavy atom. The topological polar surface area (TPSA) is 129 Å². The SMILES string of the molecule is CC(C)Cn1nc(C(=O)O)c2c(Cc3ccc(C(F)(F)F)cc3)cccc21.COC(=O)c1nn(CC(C)C)c2cccc(Cc3ccc(C(F)(F)F)cc3)c12.[Na+].[OH-]. The van der Waals surface area contributed by atoms with E-state index in [9.17, 15) is 41.0 Å². The fourth-order valence-corrected chi connectivity index (χ4v) is 6.32. The van der Waals surface area contributed by atoms with Gasteiger partial charge in [-0.2, -0.15) is 36.5 Å². The number of aromatic carboxylic acids is 1. The molecule has 0 saturated heterocycles. The average molecular weight is 807 g/mol. The van der Waals surface area contributed by atoms with Crippen molar-refractivity contribution >= 4 is 33.7 Å². The van der Waals surface area contributed by atoms with Crippen LogP contribution in [0.3, 0.4) is 0 Å². The summed E-state index contributed by atoms with van der Waals surface area (Å²) in [5, 5.41) is 19.4.